The number of benzene rings is 1. The molecule has 0 bridgehead atoms. The molecule has 1 saturated heterocycles. The molecule has 3 atom stereocenters. The summed E-state index contributed by atoms with van der Waals surface area (Å²) in [7, 11) is 0. The number of carbonyl (C=O) groups is 1. The number of fused-ring (bicyclic) bond motifs is 4. The molecule has 5 heterocycles. The Morgan fingerprint density at radius 1 is 1.09 bits per heavy atom. The highest BCUT2D eigenvalue weighted by molar-refractivity contribution is 7.89. The number of carboxylic acid groups (broad SMARTS) is 1. The van der Waals surface area contributed by atoms with Crippen molar-refractivity contribution in [2.75, 3.05) is 18.0 Å². The smallest absolute Gasteiger partial charge is 0.452 e. The Kier molecular flexibility index (Phi) is 8.63. The van der Waals surface area contributed by atoms with Gasteiger partial charge in [0.2, 0.25) is 10.7 Å². The lowest BCUT2D eigenvalue weighted by atomic mass is 9.85. The van der Waals surface area contributed by atoms with Crippen LogP contribution in [-0.4, -0.2) is 58.6 Å². The average molecular weight is 681 g/mol. The highest BCUT2D eigenvalue weighted by atomic mass is 32.2. The van der Waals surface area contributed by atoms with Crippen LogP contribution in [0.15, 0.2) is 47.6 Å². The summed E-state index contributed by atoms with van der Waals surface area (Å²) in [5.41, 5.74) is 1.75. The highest BCUT2D eigenvalue weighted by Gasteiger charge is 2.42. The van der Waals surface area contributed by atoms with Gasteiger partial charge in [0.25, 0.3) is 0 Å². The molecular weight excluding hydrogens is 650 g/mol. The second kappa shape index (κ2) is 12.3. The third-order valence-corrected chi connectivity index (χ3v) is 10.3. The van der Waals surface area contributed by atoms with E-state index in [1.807, 2.05) is 11.8 Å². The first-order valence-corrected chi connectivity index (χ1v) is 16.0. The van der Waals surface area contributed by atoms with E-state index in [2.05, 4.69) is 15.2 Å². The fraction of sp³-hybridized carbons (Fsp3) is 0.419. The molecule has 6 rings (SSSR count). The molecule has 0 amide bonds. The van der Waals surface area contributed by atoms with E-state index < -0.39 is 47.0 Å². The monoisotopic (exact) mass is 680 g/mol. The van der Waals surface area contributed by atoms with Crippen molar-refractivity contribution in [2.24, 2.45) is 0 Å². The first-order valence-electron chi connectivity index (χ1n) is 14.9. The SMILES string of the molecule is Cc1ccc(C(CC(=O)O)c2ccn3c(C(F)(F)F)nnc3c2C)cc1CN1CC2CCCCN2c2ncc(C(F)(F)F)cc2[S+]1[O-]. The zero-order valence-electron chi connectivity index (χ0n) is 25.3. The van der Waals surface area contributed by atoms with Gasteiger partial charge in [-0.2, -0.15) is 26.3 Å². The minimum absolute atomic E-state index is 0.0164. The summed E-state index contributed by atoms with van der Waals surface area (Å²) in [5, 5.41) is 16.9. The summed E-state index contributed by atoms with van der Waals surface area (Å²) in [5.74, 6) is -2.84. The minimum atomic E-state index is -4.74. The maximum Gasteiger partial charge on any atom is 0.452 e. The van der Waals surface area contributed by atoms with Gasteiger partial charge in [-0.05, 0) is 67.0 Å². The van der Waals surface area contributed by atoms with Gasteiger partial charge in [0.1, 0.15) is 0 Å². The second-order valence-corrected chi connectivity index (χ2v) is 13.4. The number of anilines is 1. The number of aryl methyl sites for hydroxylation is 2. The standard InChI is InChI=1S/C31H30F6N6O3S/c1-17-6-7-19(24(13-26(44)45)23-8-10-43-27(18(23)2)39-40-29(43)31(35,36)37)11-20(17)15-41-16-22-5-3-4-9-42(22)28-25(47(41)46)12-21(14-38-28)30(32,33)34/h6-8,10-12,14,22,24H,3-5,9,13,15-16H2,1-2H3,(H,44,45). The quantitative estimate of drug-likeness (QED) is 0.187. The van der Waals surface area contributed by atoms with Gasteiger partial charge >= 0.3 is 18.3 Å². The molecular formula is C31H30F6N6O3S. The molecule has 3 aromatic heterocycles. The number of halogens is 6. The number of alkyl halides is 6. The molecule has 3 unspecified atom stereocenters. The number of aromatic nitrogens is 4. The summed E-state index contributed by atoms with van der Waals surface area (Å²) in [6.07, 6.45) is -5.37. The van der Waals surface area contributed by atoms with Gasteiger partial charge in [0.15, 0.2) is 11.5 Å². The summed E-state index contributed by atoms with van der Waals surface area (Å²) in [6.45, 7) is 4.34. The van der Waals surface area contributed by atoms with Crippen LogP contribution in [0.2, 0.25) is 0 Å². The van der Waals surface area contributed by atoms with E-state index in [0.29, 0.717) is 35.3 Å². The van der Waals surface area contributed by atoms with Gasteiger partial charge in [0, 0.05) is 37.0 Å². The predicted molar refractivity (Wildman–Crippen MR) is 159 cm³/mol. The van der Waals surface area contributed by atoms with E-state index in [9.17, 15) is 40.8 Å². The third-order valence-electron chi connectivity index (χ3n) is 8.89. The summed E-state index contributed by atoms with van der Waals surface area (Å²) in [6, 6.07) is 7.49. The van der Waals surface area contributed by atoms with Crippen molar-refractivity contribution in [3.8, 4) is 0 Å². The van der Waals surface area contributed by atoms with Crippen molar-refractivity contribution in [1.82, 2.24) is 23.9 Å². The lowest BCUT2D eigenvalue weighted by Gasteiger charge is -2.35. The molecule has 0 saturated carbocycles. The number of pyridine rings is 2. The molecule has 0 spiro atoms. The van der Waals surface area contributed by atoms with E-state index in [0.717, 1.165) is 41.5 Å². The number of nitrogens with zero attached hydrogens (tertiary/aromatic N) is 6. The van der Waals surface area contributed by atoms with Crippen molar-refractivity contribution >= 4 is 28.8 Å². The molecule has 47 heavy (non-hydrogen) atoms. The van der Waals surface area contributed by atoms with Crippen LogP contribution in [0.1, 0.15) is 70.8 Å². The van der Waals surface area contributed by atoms with Gasteiger partial charge in [-0.25, -0.2) is 4.98 Å². The Morgan fingerprint density at radius 3 is 2.55 bits per heavy atom. The van der Waals surface area contributed by atoms with Gasteiger partial charge in [-0.1, -0.05) is 18.2 Å². The van der Waals surface area contributed by atoms with Gasteiger partial charge in [-0.15, -0.1) is 14.5 Å². The largest absolute Gasteiger partial charge is 0.593 e. The topological polar surface area (TPSA) is 110 Å². The first-order chi connectivity index (χ1) is 22.1. The fourth-order valence-corrected chi connectivity index (χ4v) is 7.89. The zero-order valence-corrected chi connectivity index (χ0v) is 26.1. The molecule has 1 aromatic carbocycles. The molecule has 250 valence electrons. The van der Waals surface area contributed by atoms with Crippen LogP contribution in [0, 0.1) is 13.8 Å². The summed E-state index contributed by atoms with van der Waals surface area (Å²) < 4.78 is 97.9. The van der Waals surface area contributed by atoms with Gasteiger partial charge in [-0.3, -0.25) is 9.20 Å². The van der Waals surface area contributed by atoms with E-state index in [1.165, 1.54) is 12.3 Å². The summed E-state index contributed by atoms with van der Waals surface area (Å²) in [4.78, 5) is 18.1. The van der Waals surface area contributed by atoms with Crippen LogP contribution in [0.3, 0.4) is 0 Å². The van der Waals surface area contributed by atoms with Crippen LogP contribution < -0.4 is 4.90 Å². The maximum atomic E-state index is 14.0. The van der Waals surface area contributed by atoms with Gasteiger partial charge < -0.3 is 14.6 Å². The molecule has 2 aliphatic heterocycles. The van der Waals surface area contributed by atoms with Crippen molar-refractivity contribution < 1.29 is 40.8 Å². The van der Waals surface area contributed by atoms with Gasteiger partial charge in [0.05, 0.1) is 36.4 Å². The van der Waals surface area contributed by atoms with E-state index in [-0.39, 0.29) is 35.4 Å². The van der Waals surface area contributed by atoms with Crippen molar-refractivity contribution in [1.29, 1.82) is 0 Å². The number of rotatable bonds is 6. The molecule has 9 nitrogen and oxygen atoms in total. The number of hydrogen-bond acceptors (Lipinski definition) is 7. The van der Waals surface area contributed by atoms with Crippen molar-refractivity contribution in [3.05, 3.63) is 81.9 Å². The van der Waals surface area contributed by atoms with E-state index in [4.69, 9.17) is 0 Å². The highest BCUT2D eigenvalue weighted by Crippen LogP contribution is 2.40. The van der Waals surface area contributed by atoms with Crippen LogP contribution in [0.5, 0.6) is 0 Å². The Bertz CT molecular complexity index is 1830. The minimum Gasteiger partial charge on any atom is -0.593 e. The predicted octanol–water partition coefficient (Wildman–Crippen LogP) is 6.28. The normalized spacial score (nSPS) is 19.7. The molecule has 16 heteroatoms. The Morgan fingerprint density at radius 2 is 1.85 bits per heavy atom. The molecule has 2 aliphatic rings. The Hall–Kier alpha value is -3.89. The van der Waals surface area contributed by atoms with Crippen LogP contribution in [-0.2, 0) is 35.1 Å². The average Bonchev–Trinajstić information content (AvgIpc) is 3.42. The van der Waals surface area contributed by atoms with E-state index in [1.54, 1.807) is 29.4 Å². The number of hydrogen-bond donors (Lipinski definition) is 1. The molecule has 4 aromatic rings. The lowest BCUT2D eigenvalue weighted by molar-refractivity contribution is -0.145. The number of carboxylic acids is 1. The molecule has 0 radical (unpaired) electrons. The van der Waals surface area contributed by atoms with Crippen LogP contribution in [0.25, 0.3) is 5.65 Å². The Labute approximate surface area is 268 Å². The number of aliphatic carboxylic acids is 1. The van der Waals surface area contributed by atoms with Crippen molar-refractivity contribution in [3.63, 3.8) is 0 Å². The maximum absolute atomic E-state index is 14.0. The zero-order chi connectivity index (χ0) is 33.8. The van der Waals surface area contributed by atoms with Crippen molar-refractivity contribution in [2.45, 2.75) is 75.3 Å². The lowest BCUT2D eigenvalue weighted by Crippen LogP contribution is -2.45. The van der Waals surface area contributed by atoms with E-state index >= 15 is 0 Å². The number of piperidine rings is 1. The summed E-state index contributed by atoms with van der Waals surface area (Å²) >= 11 is -2.00. The second-order valence-electron chi connectivity index (χ2n) is 11.9. The first kappa shape index (κ1) is 33.0. The van der Waals surface area contributed by atoms with Crippen LogP contribution in [0.4, 0.5) is 32.2 Å². The van der Waals surface area contributed by atoms with Crippen LogP contribution >= 0.6 is 0 Å². The Balaban J connectivity index is 1.38. The molecule has 1 N–H and O–H groups in total. The molecule has 0 aliphatic carbocycles. The third kappa shape index (κ3) is 6.37. The fourth-order valence-electron chi connectivity index (χ4n) is 6.49. The molecule has 1 fully saturated rings.